The maximum absolute atomic E-state index is 12.9. The van der Waals surface area contributed by atoms with Crippen LogP contribution < -0.4 is 15.4 Å². The van der Waals surface area contributed by atoms with E-state index in [1.165, 1.54) is 0 Å². The summed E-state index contributed by atoms with van der Waals surface area (Å²) in [5, 5.41) is 5.50. The van der Waals surface area contributed by atoms with Crippen LogP contribution in [0, 0.1) is 5.92 Å². The zero-order chi connectivity index (χ0) is 17.3. The van der Waals surface area contributed by atoms with Gasteiger partial charge in [0.15, 0.2) is 5.54 Å². The Bertz CT molecular complexity index is 688. The second-order valence-electron chi connectivity index (χ2n) is 6.52. The first kappa shape index (κ1) is 16.3. The standard InChI is InChI=1S/C17H21N3O4/c1-11(2)9-18-14(21)10-20-15(22)17(19-16(20)23)7-8-24-13-6-4-3-5-12(13)17/h3-6,11H,7-10H2,1-2H3,(H,18,21)(H,19,23)/t17-/m0/s1. The van der Waals surface area contributed by atoms with E-state index < -0.39 is 17.5 Å². The summed E-state index contributed by atoms with van der Waals surface area (Å²) in [6, 6.07) is 6.61. The van der Waals surface area contributed by atoms with Crippen molar-refractivity contribution in [3.05, 3.63) is 29.8 Å². The first-order valence-electron chi connectivity index (χ1n) is 8.07. The first-order valence-corrected chi connectivity index (χ1v) is 8.07. The van der Waals surface area contributed by atoms with Gasteiger partial charge in [0.05, 0.1) is 6.61 Å². The molecule has 0 unspecified atom stereocenters. The average Bonchev–Trinajstić information content (AvgIpc) is 2.78. The van der Waals surface area contributed by atoms with Crippen LogP contribution in [0.15, 0.2) is 24.3 Å². The molecule has 0 aliphatic carbocycles. The third kappa shape index (κ3) is 2.70. The van der Waals surface area contributed by atoms with E-state index in [1.54, 1.807) is 18.2 Å². The van der Waals surface area contributed by atoms with Crippen LogP contribution >= 0.6 is 0 Å². The Morgan fingerprint density at radius 1 is 1.38 bits per heavy atom. The van der Waals surface area contributed by atoms with Gasteiger partial charge in [-0.2, -0.15) is 0 Å². The normalized spacial score (nSPS) is 22.4. The number of carbonyl (C=O) groups is 3. The van der Waals surface area contributed by atoms with Gasteiger partial charge in [0.1, 0.15) is 12.3 Å². The summed E-state index contributed by atoms with van der Waals surface area (Å²) < 4.78 is 5.57. The van der Waals surface area contributed by atoms with Crippen molar-refractivity contribution in [3.8, 4) is 5.75 Å². The molecule has 1 atom stereocenters. The van der Waals surface area contributed by atoms with Gasteiger partial charge >= 0.3 is 6.03 Å². The van der Waals surface area contributed by atoms with Gasteiger partial charge in [0.25, 0.3) is 5.91 Å². The number of nitrogens with zero attached hydrogens (tertiary/aromatic N) is 1. The highest BCUT2D eigenvalue weighted by atomic mass is 16.5. The fourth-order valence-electron chi connectivity index (χ4n) is 3.03. The number of amides is 4. The Morgan fingerprint density at radius 2 is 2.12 bits per heavy atom. The summed E-state index contributed by atoms with van der Waals surface area (Å²) in [5.41, 5.74) is -0.496. The van der Waals surface area contributed by atoms with Crippen LogP contribution in [0.2, 0.25) is 0 Å². The summed E-state index contributed by atoms with van der Waals surface area (Å²) >= 11 is 0. The number of urea groups is 1. The number of hydrogen-bond donors (Lipinski definition) is 2. The summed E-state index contributed by atoms with van der Waals surface area (Å²) in [4.78, 5) is 38.2. The summed E-state index contributed by atoms with van der Waals surface area (Å²) in [5.74, 6) is 0.141. The fourth-order valence-corrected chi connectivity index (χ4v) is 3.03. The molecule has 1 aromatic carbocycles. The Morgan fingerprint density at radius 3 is 2.88 bits per heavy atom. The third-order valence-electron chi connectivity index (χ3n) is 4.27. The highest BCUT2D eigenvalue weighted by Crippen LogP contribution is 2.40. The molecular formula is C17H21N3O4. The van der Waals surface area contributed by atoms with Crippen LogP contribution in [0.1, 0.15) is 25.8 Å². The van der Waals surface area contributed by atoms with E-state index in [0.29, 0.717) is 36.8 Å². The Labute approximate surface area is 140 Å². The molecule has 1 spiro atoms. The summed E-state index contributed by atoms with van der Waals surface area (Å²) in [7, 11) is 0. The van der Waals surface area contributed by atoms with E-state index >= 15 is 0 Å². The van der Waals surface area contributed by atoms with Crippen molar-refractivity contribution >= 4 is 17.8 Å². The Kier molecular flexibility index (Phi) is 4.17. The van der Waals surface area contributed by atoms with Crippen LogP contribution in [0.3, 0.4) is 0 Å². The molecule has 1 aromatic rings. The molecule has 0 saturated carbocycles. The number of benzene rings is 1. The minimum absolute atomic E-state index is 0.276. The van der Waals surface area contributed by atoms with E-state index in [4.69, 9.17) is 4.74 Å². The molecule has 1 saturated heterocycles. The molecule has 0 radical (unpaired) electrons. The zero-order valence-electron chi connectivity index (χ0n) is 13.8. The second kappa shape index (κ2) is 6.14. The second-order valence-corrected chi connectivity index (χ2v) is 6.52. The lowest BCUT2D eigenvalue weighted by molar-refractivity contribution is -0.136. The smallest absolute Gasteiger partial charge is 0.325 e. The number of rotatable bonds is 4. The molecular weight excluding hydrogens is 310 g/mol. The maximum Gasteiger partial charge on any atom is 0.325 e. The molecule has 2 heterocycles. The van der Waals surface area contributed by atoms with Gasteiger partial charge in [-0.05, 0) is 12.0 Å². The van der Waals surface area contributed by atoms with Crippen molar-refractivity contribution in [2.75, 3.05) is 19.7 Å². The van der Waals surface area contributed by atoms with Crippen molar-refractivity contribution < 1.29 is 19.1 Å². The van der Waals surface area contributed by atoms with Crippen LogP contribution in [-0.4, -0.2) is 42.4 Å². The predicted molar refractivity (Wildman–Crippen MR) is 86.3 cm³/mol. The third-order valence-corrected chi connectivity index (χ3v) is 4.27. The van der Waals surface area contributed by atoms with Gasteiger partial charge in [-0.15, -0.1) is 0 Å². The van der Waals surface area contributed by atoms with Crippen LogP contribution in [0.4, 0.5) is 4.79 Å². The van der Waals surface area contributed by atoms with Gasteiger partial charge < -0.3 is 15.4 Å². The molecule has 3 rings (SSSR count). The number of fused-ring (bicyclic) bond motifs is 2. The molecule has 2 aliphatic rings. The quantitative estimate of drug-likeness (QED) is 0.806. The molecule has 128 valence electrons. The Hall–Kier alpha value is -2.57. The lowest BCUT2D eigenvalue weighted by atomic mass is 9.84. The number of carbonyl (C=O) groups excluding carboxylic acids is 3. The van der Waals surface area contributed by atoms with E-state index in [9.17, 15) is 14.4 Å². The number of nitrogens with one attached hydrogen (secondary N) is 2. The minimum Gasteiger partial charge on any atom is -0.493 e. The topological polar surface area (TPSA) is 87.7 Å². The molecule has 0 bridgehead atoms. The summed E-state index contributed by atoms with van der Waals surface area (Å²) in [6.45, 7) is 4.51. The van der Waals surface area contributed by atoms with Crippen molar-refractivity contribution in [2.45, 2.75) is 25.8 Å². The molecule has 24 heavy (non-hydrogen) atoms. The lowest BCUT2D eigenvalue weighted by Crippen LogP contribution is -2.48. The lowest BCUT2D eigenvalue weighted by Gasteiger charge is -2.33. The molecule has 2 aliphatic heterocycles. The van der Waals surface area contributed by atoms with Gasteiger partial charge in [-0.25, -0.2) is 4.79 Å². The Balaban J connectivity index is 1.81. The fraction of sp³-hybridized carbons (Fsp3) is 0.471. The van der Waals surface area contributed by atoms with Crippen molar-refractivity contribution in [3.63, 3.8) is 0 Å². The first-order chi connectivity index (χ1) is 11.4. The van der Waals surface area contributed by atoms with Crippen LogP contribution in [0.5, 0.6) is 5.75 Å². The van der Waals surface area contributed by atoms with E-state index in [0.717, 1.165) is 4.90 Å². The van der Waals surface area contributed by atoms with Crippen LogP contribution in [0.25, 0.3) is 0 Å². The van der Waals surface area contributed by atoms with E-state index in [2.05, 4.69) is 10.6 Å². The molecule has 7 heteroatoms. The van der Waals surface area contributed by atoms with Gasteiger partial charge in [0.2, 0.25) is 5.91 Å². The molecule has 4 amide bonds. The number of hydrogen-bond acceptors (Lipinski definition) is 4. The van der Waals surface area contributed by atoms with Crippen LogP contribution in [-0.2, 0) is 15.1 Å². The zero-order valence-corrected chi connectivity index (χ0v) is 13.8. The number of ether oxygens (including phenoxy) is 1. The van der Waals surface area contributed by atoms with E-state index in [1.807, 2.05) is 19.9 Å². The van der Waals surface area contributed by atoms with E-state index in [-0.39, 0.29) is 12.5 Å². The molecule has 0 aromatic heterocycles. The largest absolute Gasteiger partial charge is 0.493 e. The van der Waals surface area contributed by atoms with Gasteiger partial charge in [-0.1, -0.05) is 32.0 Å². The maximum atomic E-state index is 12.9. The average molecular weight is 331 g/mol. The van der Waals surface area contributed by atoms with Gasteiger partial charge in [0, 0.05) is 18.5 Å². The molecule has 2 N–H and O–H groups in total. The molecule has 1 fully saturated rings. The predicted octanol–water partition coefficient (Wildman–Crippen LogP) is 0.988. The highest BCUT2D eigenvalue weighted by molar-refractivity contribution is 6.09. The monoisotopic (exact) mass is 331 g/mol. The number of para-hydroxylation sites is 1. The SMILES string of the molecule is CC(C)CNC(=O)CN1C(=O)N[C@]2(CCOc3ccccc32)C1=O. The number of imide groups is 1. The van der Waals surface area contributed by atoms with Crippen molar-refractivity contribution in [1.29, 1.82) is 0 Å². The van der Waals surface area contributed by atoms with Crippen molar-refractivity contribution in [2.24, 2.45) is 5.92 Å². The van der Waals surface area contributed by atoms with Crippen molar-refractivity contribution in [1.82, 2.24) is 15.5 Å². The minimum atomic E-state index is -1.13. The van der Waals surface area contributed by atoms with Gasteiger partial charge in [-0.3, -0.25) is 14.5 Å². The highest BCUT2D eigenvalue weighted by Gasteiger charge is 2.55. The molecule has 7 nitrogen and oxygen atoms in total. The summed E-state index contributed by atoms with van der Waals surface area (Å²) in [6.07, 6.45) is 0.346.